The van der Waals surface area contributed by atoms with Crippen LogP contribution in [-0.4, -0.2) is 233 Å². The van der Waals surface area contributed by atoms with Crippen LogP contribution in [0.25, 0.3) is 0 Å². The van der Waals surface area contributed by atoms with Gasteiger partial charge in [-0.3, -0.25) is 51.9 Å². The van der Waals surface area contributed by atoms with Crippen LogP contribution >= 0.6 is 23.5 Å². The van der Waals surface area contributed by atoms with Gasteiger partial charge in [-0.15, -0.1) is 0 Å². The van der Waals surface area contributed by atoms with Crippen molar-refractivity contribution in [3.63, 3.8) is 0 Å². The maximum Gasteiger partial charge on any atom is 0.470 e. The number of likely N-dealkylation sites (N-methyl/N-ethyl adjacent to an activating group) is 2. The molecule has 11 N–H and O–H groups in total. The lowest BCUT2D eigenvalue weighted by atomic mass is 9.95. The van der Waals surface area contributed by atoms with E-state index in [0.717, 1.165) is 215 Å². The predicted molar refractivity (Wildman–Crippen MR) is 411 cm³/mol. The van der Waals surface area contributed by atoms with Crippen LogP contribution in [0.1, 0.15) is 285 Å². The molecule has 0 saturated carbocycles. The van der Waals surface area contributed by atoms with Gasteiger partial charge < -0.3 is 98.7 Å². The van der Waals surface area contributed by atoms with Crippen LogP contribution in [0.5, 0.6) is 0 Å². The lowest BCUT2D eigenvalue weighted by molar-refractivity contribution is -0.309. The summed E-state index contributed by atoms with van der Waals surface area (Å²) in [6, 6.07) is -3.77. The first-order valence-corrected chi connectivity index (χ1v) is 45.4. The zero-order chi connectivity index (χ0) is 82.3. The number of hydrogen-bond donors (Lipinski definition) is 11. The van der Waals surface area contributed by atoms with E-state index in [2.05, 4.69) is 53.5 Å². The van der Waals surface area contributed by atoms with Gasteiger partial charge in [-0.25, -0.2) is 13.7 Å². The smallest absolute Gasteiger partial charge is 0.456 e. The number of amides is 6. The number of nitrogens with one attached hydrogen (secondary N) is 4. The van der Waals surface area contributed by atoms with E-state index in [1.807, 2.05) is 0 Å². The van der Waals surface area contributed by atoms with E-state index in [1.54, 1.807) is 0 Å². The largest absolute Gasteiger partial charge is 0.470 e. The van der Waals surface area contributed by atoms with E-state index in [4.69, 9.17) is 42.2 Å². The minimum Gasteiger partial charge on any atom is -0.456 e. The summed E-state index contributed by atoms with van der Waals surface area (Å²) in [5, 5.41) is 21.1. The third kappa shape index (κ3) is 50.8. The molecule has 2 heterocycles. The van der Waals surface area contributed by atoms with E-state index in [1.165, 1.54) is 14.1 Å². The Kier molecular flexibility index (Phi) is 56.8. The molecule has 37 heteroatoms. The number of rotatable bonds is 68. The second-order valence-electron chi connectivity index (χ2n) is 29.0. The average molecular weight is 1650 g/mol. The minimum absolute atomic E-state index is 0.0234. The van der Waals surface area contributed by atoms with Crippen LogP contribution in [0.3, 0.4) is 0 Å². The second-order valence-corrected chi connectivity index (χ2v) is 32.6. The number of phosphoric ester groups is 3. The highest BCUT2D eigenvalue weighted by atomic mass is 31.2. The molecule has 0 aliphatic carbocycles. The molecule has 34 nitrogen and oxygen atoms in total. The van der Waals surface area contributed by atoms with Gasteiger partial charge in [-0.2, -0.15) is 0 Å². The Morgan fingerprint density at radius 2 is 0.685 bits per heavy atom. The Hall–Kier alpha value is -4.15. The summed E-state index contributed by atoms with van der Waals surface area (Å²) in [5.74, 6) is -6.28. The van der Waals surface area contributed by atoms with Crippen LogP contribution in [-0.2, 0) is 98.8 Å². The Morgan fingerprint density at radius 3 is 1.03 bits per heavy atom. The Morgan fingerprint density at radius 1 is 0.369 bits per heavy atom. The number of carbonyl (C=O) groups excluding carboxylic acids is 8. The Labute approximate surface area is 658 Å². The number of aliphatic hydroxyl groups excluding tert-OH is 1. The molecule has 0 aromatic rings. The topological polar surface area (TPSA) is 476 Å². The molecule has 0 aromatic heterocycles. The molecule has 0 spiro atoms. The first-order chi connectivity index (χ1) is 53.0. The van der Waals surface area contributed by atoms with Crippen molar-refractivity contribution in [2.75, 3.05) is 79.9 Å². The molecule has 111 heavy (non-hydrogen) atoms. The fourth-order valence-corrected chi connectivity index (χ4v) is 14.2. The summed E-state index contributed by atoms with van der Waals surface area (Å²) in [6.07, 6.45) is 19.1. The SMILES string of the molecule is CCCCCCCCCCCC(=O)NCC(=O)O[C@@H]1[C@H](NC(=O)CN(C)C(=O)CCCCCCCCCCC)[C@@H](OCCOP(=O)(O)O)O[C@H](CO[C@@H]2O[C@H](CO)[C@@H](OP(=O)(O)O)[C@H](OC(=O)CNC(=O)CCCCCCCCCCC)[C@@H]2NC(=O)CN(C)C(=O)CCCCCCCCCCC)[C@H]1OCCOP(=O)(O)O. The average Bonchev–Trinajstić information content (AvgIpc) is 0.781. The molecule has 0 bridgehead atoms. The highest BCUT2D eigenvalue weighted by molar-refractivity contribution is 7.46. The molecular weight excluding hydrogens is 1510 g/mol. The van der Waals surface area contributed by atoms with Gasteiger partial charge in [0.1, 0.15) is 49.6 Å². The fourth-order valence-electron chi connectivity index (χ4n) is 13.0. The molecule has 10 atom stereocenters. The van der Waals surface area contributed by atoms with Crippen molar-refractivity contribution < 1.29 is 133 Å². The summed E-state index contributed by atoms with van der Waals surface area (Å²) in [5.41, 5.74) is 0. The maximum absolute atomic E-state index is 14.5. The van der Waals surface area contributed by atoms with Gasteiger partial charge in [-0.1, -0.05) is 233 Å². The molecule has 2 rings (SSSR count). The van der Waals surface area contributed by atoms with Gasteiger partial charge in [0.05, 0.1) is 52.7 Å². The molecule has 2 aliphatic heterocycles. The third-order valence-electron chi connectivity index (χ3n) is 19.1. The van der Waals surface area contributed by atoms with Gasteiger partial charge in [-0.05, 0) is 25.7 Å². The molecule has 0 radical (unpaired) electrons. The van der Waals surface area contributed by atoms with Crippen molar-refractivity contribution in [1.82, 2.24) is 31.1 Å². The zero-order valence-electron chi connectivity index (χ0n) is 67.1. The van der Waals surface area contributed by atoms with E-state index in [0.29, 0.717) is 25.7 Å². The van der Waals surface area contributed by atoms with Crippen LogP contribution < -0.4 is 21.3 Å². The van der Waals surface area contributed by atoms with E-state index in [9.17, 15) is 86.5 Å². The Bertz CT molecular complexity index is 2730. The predicted octanol–water partition coefficient (Wildman–Crippen LogP) is 9.17. The number of unbranched alkanes of at least 4 members (excludes halogenated alkanes) is 32. The summed E-state index contributed by atoms with van der Waals surface area (Å²) in [7, 11) is -13.4. The number of carbonyl (C=O) groups is 8. The van der Waals surface area contributed by atoms with E-state index < -0.39 is 198 Å². The van der Waals surface area contributed by atoms with E-state index >= 15 is 0 Å². The number of hydrogen-bond acceptors (Lipinski definition) is 22. The van der Waals surface area contributed by atoms with Crippen LogP contribution in [0, 0.1) is 0 Å². The second kappa shape index (κ2) is 61.2. The normalized spacial score (nSPS) is 20.1. The quantitative estimate of drug-likeness (QED) is 0.0153. The number of esters is 2. The summed E-state index contributed by atoms with van der Waals surface area (Å²) >= 11 is 0. The van der Waals surface area contributed by atoms with Gasteiger partial charge in [0, 0.05) is 39.8 Å². The highest BCUT2D eigenvalue weighted by Gasteiger charge is 2.55. The standard InChI is InChI=1S/C74H139N6O28P3/c1-7-11-15-19-23-27-31-35-39-43-59(82)75-51-65(88)106-71-67(77-61(84)53-79(5)63(86)45-41-37-33-29-25-21-17-13-9-3)73(100-48-50-103-110(93,94)95)105-58(69(71)99-47-49-102-109(90,91)92)56-101-74-68(78-62(85)54-80(6)64(87)46-42-38-34-30-26-22-18-14-10-4)72(70(57(55-81)104-74)108-111(96,97)98)107-66(89)52-76-60(83)44-40-36-32-28-24-20-16-12-8-2/h57-58,67-74,81H,7-56H2,1-6H3,(H,75,82)(H,76,83)(H,77,84)(H,78,85)(H2,90,91,92)(H2,93,94,95)(H2,96,97,98)/t57-,58-,67+,68+,69-,70-,71-,72-,73+,74-/m1/s1. The van der Waals surface area contributed by atoms with Crippen LogP contribution in [0.4, 0.5) is 0 Å². The highest BCUT2D eigenvalue weighted by Crippen LogP contribution is 2.43. The molecule has 2 saturated heterocycles. The van der Waals surface area contributed by atoms with Gasteiger partial charge in [0.2, 0.25) is 35.4 Å². The summed E-state index contributed by atoms with van der Waals surface area (Å²) in [6.45, 7) is 0.167. The van der Waals surface area contributed by atoms with Crippen molar-refractivity contribution in [3.05, 3.63) is 0 Å². The number of ether oxygens (including phenoxy) is 7. The van der Waals surface area contributed by atoms with Crippen molar-refractivity contribution in [3.8, 4) is 0 Å². The monoisotopic (exact) mass is 1650 g/mol. The lowest BCUT2D eigenvalue weighted by Crippen LogP contribution is -2.69. The van der Waals surface area contributed by atoms with Gasteiger partial charge >= 0.3 is 35.4 Å². The molecule has 0 unspecified atom stereocenters. The number of aliphatic hydroxyl groups is 1. The first-order valence-electron chi connectivity index (χ1n) is 40.9. The maximum atomic E-state index is 14.5. The van der Waals surface area contributed by atoms with Crippen LogP contribution in [0.15, 0.2) is 0 Å². The van der Waals surface area contributed by atoms with Crippen molar-refractivity contribution in [2.45, 2.75) is 346 Å². The lowest BCUT2D eigenvalue weighted by Gasteiger charge is -2.47. The van der Waals surface area contributed by atoms with Gasteiger partial charge in [0.15, 0.2) is 24.8 Å². The molecule has 6 amide bonds. The molecule has 0 aromatic carbocycles. The van der Waals surface area contributed by atoms with Gasteiger partial charge in [0.25, 0.3) is 0 Å². The molecule has 2 fully saturated rings. The van der Waals surface area contributed by atoms with Crippen molar-refractivity contribution in [1.29, 1.82) is 0 Å². The summed E-state index contributed by atoms with van der Waals surface area (Å²) < 4.78 is 94.6. The molecule has 2 aliphatic rings. The molecular formula is C74H139N6O28P3. The number of nitrogens with zero attached hydrogens (tertiary/aromatic N) is 2. The summed E-state index contributed by atoms with van der Waals surface area (Å²) in [4.78, 5) is 173. The first kappa shape index (κ1) is 103. The zero-order valence-corrected chi connectivity index (χ0v) is 69.8. The molecule has 648 valence electrons. The van der Waals surface area contributed by atoms with Crippen molar-refractivity contribution in [2.24, 2.45) is 0 Å². The van der Waals surface area contributed by atoms with E-state index in [-0.39, 0.29) is 25.7 Å². The Balaban J connectivity index is 2.82. The third-order valence-corrected chi connectivity index (χ3v) is 20.7. The fraction of sp³-hybridized carbons (Fsp3) is 0.892. The van der Waals surface area contributed by atoms with Crippen LogP contribution in [0.2, 0.25) is 0 Å². The minimum atomic E-state index is -5.68. The van der Waals surface area contributed by atoms with Crippen molar-refractivity contribution >= 4 is 70.8 Å². The number of phosphoric acid groups is 3.